The molecule has 0 aliphatic heterocycles. The van der Waals surface area contributed by atoms with Gasteiger partial charge in [-0.15, -0.1) is 6.58 Å². The maximum atomic E-state index is 5.27. The predicted octanol–water partition coefficient (Wildman–Crippen LogP) is 0.660. The van der Waals surface area contributed by atoms with Gasteiger partial charge in [-0.3, -0.25) is 11.3 Å². The molecule has 0 aromatic carbocycles. The summed E-state index contributed by atoms with van der Waals surface area (Å²) in [7, 11) is 0. The molecule has 2 nitrogen and oxygen atoms in total. The van der Waals surface area contributed by atoms with Crippen molar-refractivity contribution >= 4 is 0 Å². The van der Waals surface area contributed by atoms with Crippen LogP contribution in [0.5, 0.6) is 0 Å². The topological polar surface area (TPSA) is 38.0 Å². The van der Waals surface area contributed by atoms with Crippen LogP contribution < -0.4 is 11.3 Å². The highest BCUT2D eigenvalue weighted by atomic mass is 15.2. The fourth-order valence-corrected chi connectivity index (χ4v) is 1.22. The Bertz CT molecular complexity index is 111. The molecular weight excluding hydrogens is 112 g/mol. The first-order valence-electron chi connectivity index (χ1n) is 3.38. The van der Waals surface area contributed by atoms with Gasteiger partial charge in [0.25, 0.3) is 0 Å². The summed E-state index contributed by atoms with van der Waals surface area (Å²) in [6.45, 7) is 5.92. The van der Waals surface area contributed by atoms with Gasteiger partial charge in [0.15, 0.2) is 0 Å². The minimum atomic E-state index is 0.333. The summed E-state index contributed by atoms with van der Waals surface area (Å²) in [5.41, 5.74) is 2.73. The number of nitrogens with two attached hydrogens (primary N) is 1. The van der Waals surface area contributed by atoms with Crippen LogP contribution in [0.2, 0.25) is 0 Å². The molecule has 9 heavy (non-hydrogen) atoms. The van der Waals surface area contributed by atoms with Crippen LogP contribution in [0.4, 0.5) is 0 Å². The fourth-order valence-electron chi connectivity index (χ4n) is 1.22. The first-order chi connectivity index (χ1) is 4.29. The molecule has 3 unspecified atom stereocenters. The van der Waals surface area contributed by atoms with Crippen molar-refractivity contribution in [3.05, 3.63) is 12.7 Å². The van der Waals surface area contributed by atoms with Gasteiger partial charge < -0.3 is 0 Å². The van der Waals surface area contributed by atoms with Gasteiger partial charge in [0.05, 0.1) is 0 Å². The molecule has 0 radical (unpaired) electrons. The highest BCUT2D eigenvalue weighted by molar-refractivity contribution is 4.99. The van der Waals surface area contributed by atoms with Gasteiger partial charge in [0.1, 0.15) is 0 Å². The second kappa shape index (κ2) is 2.50. The minimum absolute atomic E-state index is 0.333. The fraction of sp³-hybridized carbons (Fsp3) is 0.714. The Labute approximate surface area is 56.1 Å². The molecule has 1 rings (SSSR count). The van der Waals surface area contributed by atoms with E-state index in [2.05, 4.69) is 18.9 Å². The molecule has 1 saturated carbocycles. The molecule has 0 spiro atoms. The standard InChI is InChI=1S/C7H14N2/c1-3-7(9-8)6-4-5(6)2/h3,5-7,9H,1,4,8H2,2H3. The van der Waals surface area contributed by atoms with Crippen molar-refractivity contribution in [2.45, 2.75) is 19.4 Å². The Morgan fingerprint density at radius 2 is 2.44 bits per heavy atom. The molecule has 0 amide bonds. The third-order valence-corrected chi connectivity index (χ3v) is 2.08. The summed E-state index contributed by atoms with van der Waals surface area (Å²) >= 11 is 0. The van der Waals surface area contributed by atoms with Crippen LogP contribution >= 0.6 is 0 Å². The summed E-state index contributed by atoms with van der Waals surface area (Å²) in [6.07, 6.45) is 3.18. The van der Waals surface area contributed by atoms with Crippen LogP contribution in [0.3, 0.4) is 0 Å². The highest BCUT2D eigenvalue weighted by Crippen LogP contribution is 2.40. The van der Waals surface area contributed by atoms with E-state index in [1.54, 1.807) is 0 Å². The van der Waals surface area contributed by atoms with E-state index in [1.165, 1.54) is 6.42 Å². The predicted molar refractivity (Wildman–Crippen MR) is 38.6 cm³/mol. The van der Waals surface area contributed by atoms with E-state index in [0.29, 0.717) is 6.04 Å². The first kappa shape index (κ1) is 6.78. The summed E-state index contributed by atoms with van der Waals surface area (Å²) in [6, 6.07) is 0.333. The molecule has 1 fully saturated rings. The number of hydrogen-bond acceptors (Lipinski definition) is 2. The van der Waals surface area contributed by atoms with Crippen molar-refractivity contribution in [2.75, 3.05) is 0 Å². The van der Waals surface area contributed by atoms with Crippen molar-refractivity contribution in [3.63, 3.8) is 0 Å². The van der Waals surface area contributed by atoms with E-state index in [0.717, 1.165) is 11.8 Å². The van der Waals surface area contributed by atoms with Crippen molar-refractivity contribution in [1.82, 2.24) is 5.43 Å². The molecule has 0 bridgehead atoms. The number of nitrogens with one attached hydrogen (secondary N) is 1. The molecule has 0 aromatic rings. The quantitative estimate of drug-likeness (QED) is 0.331. The monoisotopic (exact) mass is 126 g/mol. The average Bonchev–Trinajstić information content (AvgIpc) is 2.51. The van der Waals surface area contributed by atoms with Gasteiger partial charge in [0, 0.05) is 6.04 Å². The van der Waals surface area contributed by atoms with Crippen LogP contribution in [-0.2, 0) is 0 Å². The van der Waals surface area contributed by atoms with Gasteiger partial charge >= 0.3 is 0 Å². The van der Waals surface area contributed by atoms with Crippen molar-refractivity contribution < 1.29 is 0 Å². The first-order valence-corrected chi connectivity index (χ1v) is 3.38. The molecule has 52 valence electrons. The minimum Gasteiger partial charge on any atom is -0.271 e. The smallest absolute Gasteiger partial charge is 0.0418 e. The molecule has 0 heterocycles. The molecule has 3 N–H and O–H groups in total. The molecule has 1 aliphatic carbocycles. The highest BCUT2D eigenvalue weighted by Gasteiger charge is 2.37. The summed E-state index contributed by atoms with van der Waals surface area (Å²) in [5.74, 6) is 6.85. The van der Waals surface area contributed by atoms with Crippen LogP contribution in [0.15, 0.2) is 12.7 Å². The SMILES string of the molecule is C=CC(NN)C1CC1C. The van der Waals surface area contributed by atoms with E-state index in [-0.39, 0.29) is 0 Å². The van der Waals surface area contributed by atoms with Crippen molar-refractivity contribution in [1.29, 1.82) is 0 Å². The average molecular weight is 126 g/mol. The van der Waals surface area contributed by atoms with Gasteiger partial charge in [-0.2, -0.15) is 0 Å². The largest absolute Gasteiger partial charge is 0.271 e. The molecule has 1 aliphatic rings. The van der Waals surface area contributed by atoms with Gasteiger partial charge in [-0.1, -0.05) is 13.0 Å². The van der Waals surface area contributed by atoms with Gasteiger partial charge in [0.2, 0.25) is 0 Å². The molecule has 3 atom stereocenters. The van der Waals surface area contributed by atoms with Crippen LogP contribution in [0.1, 0.15) is 13.3 Å². The lowest BCUT2D eigenvalue weighted by Gasteiger charge is -2.07. The van der Waals surface area contributed by atoms with Crippen LogP contribution in [0.25, 0.3) is 0 Å². The Kier molecular flexibility index (Phi) is 1.88. The van der Waals surface area contributed by atoms with E-state index < -0.39 is 0 Å². The van der Waals surface area contributed by atoms with E-state index in [9.17, 15) is 0 Å². The normalized spacial score (nSPS) is 35.8. The lowest BCUT2D eigenvalue weighted by Crippen LogP contribution is -2.35. The third kappa shape index (κ3) is 1.32. The van der Waals surface area contributed by atoms with Gasteiger partial charge in [-0.25, -0.2) is 0 Å². The van der Waals surface area contributed by atoms with Crippen LogP contribution in [0, 0.1) is 11.8 Å². The maximum Gasteiger partial charge on any atom is 0.0418 e. The molecule has 2 heteroatoms. The summed E-state index contributed by atoms with van der Waals surface area (Å²) in [5, 5.41) is 0. The molecule has 0 aromatic heterocycles. The second-order valence-electron chi connectivity index (χ2n) is 2.80. The summed E-state index contributed by atoms with van der Waals surface area (Å²) in [4.78, 5) is 0. The van der Waals surface area contributed by atoms with Gasteiger partial charge in [-0.05, 0) is 18.3 Å². The molecule has 0 saturated heterocycles. The molecular formula is C7H14N2. The van der Waals surface area contributed by atoms with E-state index in [1.807, 2.05) is 6.08 Å². The second-order valence-corrected chi connectivity index (χ2v) is 2.80. The summed E-state index contributed by atoms with van der Waals surface area (Å²) < 4.78 is 0. The number of rotatable bonds is 3. The van der Waals surface area contributed by atoms with E-state index in [4.69, 9.17) is 5.84 Å². The zero-order valence-electron chi connectivity index (χ0n) is 5.80. The Morgan fingerprint density at radius 3 is 2.56 bits per heavy atom. The number of hydrazine groups is 1. The Balaban J connectivity index is 2.31. The Morgan fingerprint density at radius 1 is 1.89 bits per heavy atom. The zero-order chi connectivity index (χ0) is 6.85. The van der Waals surface area contributed by atoms with E-state index >= 15 is 0 Å². The van der Waals surface area contributed by atoms with Crippen molar-refractivity contribution in [3.8, 4) is 0 Å². The zero-order valence-corrected chi connectivity index (χ0v) is 5.80. The maximum absolute atomic E-state index is 5.27. The van der Waals surface area contributed by atoms with Crippen molar-refractivity contribution in [2.24, 2.45) is 17.7 Å². The lowest BCUT2D eigenvalue weighted by atomic mass is 10.2. The number of hydrogen-bond donors (Lipinski definition) is 2. The lowest BCUT2D eigenvalue weighted by molar-refractivity contribution is 0.536. The van der Waals surface area contributed by atoms with Crippen LogP contribution in [-0.4, -0.2) is 6.04 Å². The third-order valence-electron chi connectivity index (χ3n) is 2.08. The Hall–Kier alpha value is -0.340.